The first-order valence-corrected chi connectivity index (χ1v) is 6.39. The highest BCUT2D eigenvalue weighted by molar-refractivity contribution is 9.10. The van der Waals surface area contributed by atoms with Crippen LogP contribution in [-0.4, -0.2) is 10.9 Å². The molecule has 2 rings (SSSR count). The molecule has 0 aliphatic heterocycles. The van der Waals surface area contributed by atoms with E-state index in [9.17, 15) is 4.79 Å². The van der Waals surface area contributed by atoms with Crippen LogP contribution in [0.4, 0.5) is 5.69 Å². The molecule has 6 heteroatoms. The van der Waals surface area contributed by atoms with E-state index in [1.54, 1.807) is 24.4 Å². The van der Waals surface area contributed by atoms with Gasteiger partial charge in [0.25, 0.3) is 5.91 Å². The maximum Gasteiger partial charge on any atom is 0.257 e. The van der Waals surface area contributed by atoms with Crippen molar-refractivity contribution in [2.24, 2.45) is 0 Å². The van der Waals surface area contributed by atoms with E-state index in [1.807, 2.05) is 6.07 Å². The van der Waals surface area contributed by atoms with Gasteiger partial charge in [-0.25, -0.2) is 0 Å². The summed E-state index contributed by atoms with van der Waals surface area (Å²) in [7, 11) is 0. The molecule has 0 atom stereocenters. The molecule has 1 aromatic carbocycles. The number of nitrogens with zero attached hydrogens (tertiary/aromatic N) is 2. The summed E-state index contributed by atoms with van der Waals surface area (Å²) in [6.45, 7) is 0. The zero-order chi connectivity index (χ0) is 13.8. The quantitative estimate of drug-likeness (QED) is 0.911. The summed E-state index contributed by atoms with van der Waals surface area (Å²) in [5, 5.41) is 11.7. The Morgan fingerprint density at radius 3 is 2.79 bits per heavy atom. The molecule has 0 aliphatic rings. The fourth-order valence-electron chi connectivity index (χ4n) is 1.42. The number of nitrogens with one attached hydrogen (secondary N) is 1. The maximum absolute atomic E-state index is 12.0. The van der Waals surface area contributed by atoms with Gasteiger partial charge in [0.05, 0.1) is 27.9 Å². The van der Waals surface area contributed by atoms with Crippen molar-refractivity contribution in [2.75, 3.05) is 5.32 Å². The summed E-state index contributed by atoms with van der Waals surface area (Å²) in [5.41, 5.74) is 1.30. The number of benzene rings is 1. The maximum atomic E-state index is 12.0. The number of carbonyl (C=O) groups is 1. The Kier molecular flexibility index (Phi) is 4.15. The number of carbonyl (C=O) groups excluding carboxylic acids is 1. The molecule has 94 valence electrons. The third-order valence-electron chi connectivity index (χ3n) is 2.31. The van der Waals surface area contributed by atoms with E-state index < -0.39 is 0 Å². The van der Waals surface area contributed by atoms with Crippen LogP contribution in [0.5, 0.6) is 0 Å². The first-order chi connectivity index (χ1) is 9.10. The van der Waals surface area contributed by atoms with Crippen LogP contribution in [0.2, 0.25) is 5.02 Å². The van der Waals surface area contributed by atoms with Gasteiger partial charge in [0.15, 0.2) is 0 Å². The molecule has 0 saturated carbocycles. The van der Waals surface area contributed by atoms with Crippen molar-refractivity contribution in [2.45, 2.75) is 0 Å². The van der Waals surface area contributed by atoms with E-state index in [1.165, 1.54) is 12.3 Å². The zero-order valence-electron chi connectivity index (χ0n) is 9.52. The van der Waals surface area contributed by atoms with Gasteiger partial charge < -0.3 is 5.32 Å². The number of anilines is 1. The Bertz CT molecular complexity index is 682. The Balaban J connectivity index is 2.22. The van der Waals surface area contributed by atoms with E-state index >= 15 is 0 Å². The van der Waals surface area contributed by atoms with E-state index in [2.05, 4.69) is 26.2 Å². The van der Waals surface area contributed by atoms with Gasteiger partial charge in [0.2, 0.25) is 0 Å². The second-order valence-corrected chi connectivity index (χ2v) is 4.98. The van der Waals surface area contributed by atoms with Gasteiger partial charge in [0.1, 0.15) is 0 Å². The van der Waals surface area contributed by atoms with Crippen LogP contribution in [0, 0.1) is 11.3 Å². The minimum Gasteiger partial charge on any atom is -0.321 e. The van der Waals surface area contributed by atoms with E-state index in [0.29, 0.717) is 26.3 Å². The highest BCUT2D eigenvalue weighted by Crippen LogP contribution is 2.23. The van der Waals surface area contributed by atoms with Gasteiger partial charge in [-0.05, 0) is 40.2 Å². The molecule has 0 aliphatic carbocycles. The number of hydrogen-bond donors (Lipinski definition) is 1. The molecule has 19 heavy (non-hydrogen) atoms. The van der Waals surface area contributed by atoms with Gasteiger partial charge in [-0.1, -0.05) is 11.6 Å². The molecule has 1 amide bonds. The smallest absolute Gasteiger partial charge is 0.257 e. The average Bonchev–Trinajstić information content (AvgIpc) is 2.41. The minimum absolute atomic E-state index is 0.315. The van der Waals surface area contributed by atoms with Crippen molar-refractivity contribution < 1.29 is 4.79 Å². The molecule has 1 aromatic heterocycles. The van der Waals surface area contributed by atoms with Crippen molar-refractivity contribution in [1.82, 2.24) is 4.98 Å². The lowest BCUT2D eigenvalue weighted by Gasteiger charge is -2.07. The number of pyridine rings is 1. The Morgan fingerprint density at radius 1 is 1.37 bits per heavy atom. The monoisotopic (exact) mass is 335 g/mol. The molecule has 0 fully saturated rings. The Morgan fingerprint density at radius 2 is 2.16 bits per heavy atom. The van der Waals surface area contributed by atoms with E-state index in [0.717, 1.165) is 0 Å². The lowest BCUT2D eigenvalue weighted by Crippen LogP contribution is -2.12. The molecule has 2 aromatic rings. The molecule has 4 nitrogen and oxygen atoms in total. The summed E-state index contributed by atoms with van der Waals surface area (Å²) >= 11 is 9.22. The van der Waals surface area contributed by atoms with E-state index in [4.69, 9.17) is 16.9 Å². The van der Waals surface area contributed by atoms with Gasteiger partial charge in [-0.2, -0.15) is 5.26 Å². The fraction of sp³-hybridized carbons (Fsp3) is 0. The Labute approximate surface area is 123 Å². The minimum atomic E-state index is -0.319. The van der Waals surface area contributed by atoms with Crippen molar-refractivity contribution in [1.29, 1.82) is 5.26 Å². The molecular formula is C13H7BrClN3O. The van der Waals surface area contributed by atoms with Gasteiger partial charge >= 0.3 is 0 Å². The molecule has 0 saturated heterocycles. The third kappa shape index (κ3) is 3.31. The van der Waals surface area contributed by atoms with Gasteiger partial charge in [0, 0.05) is 16.9 Å². The lowest BCUT2D eigenvalue weighted by atomic mass is 10.2. The topological polar surface area (TPSA) is 65.8 Å². The normalized spacial score (nSPS) is 9.74. The summed E-state index contributed by atoms with van der Waals surface area (Å²) < 4.78 is 0.714. The van der Waals surface area contributed by atoms with Crippen LogP contribution >= 0.6 is 27.5 Å². The van der Waals surface area contributed by atoms with Crippen molar-refractivity contribution >= 4 is 39.1 Å². The first-order valence-electron chi connectivity index (χ1n) is 5.21. The summed E-state index contributed by atoms with van der Waals surface area (Å²) in [5.74, 6) is -0.319. The van der Waals surface area contributed by atoms with Gasteiger partial charge in [-0.15, -0.1) is 0 Å². The summed E-state index contributed by atoms with van der Waals surface area (Å²) in [6.07, 6.45) is 3.04. The molecule has 0 unspecified atom stereocenters. The van der Waals surface area contributed by atoms with Crippen molar-refractivity contribution in [3.05, 3.63) is 57.3 Å². The predicted molar refractivity (Wildman–Crippen MR) is 76.1 cm³/mol. The van der Waals surface area contributed by atoms with Crippen LogP contribution in [-0.2, 0) is 0 Å². The molecule has 0 radical (unpaired) electrons. The number of amides is 1. The highest BCUT2D eigenvalue weighted by atomic mass is 79.9. The zero-order valence-corrected chi connectivity index (χ0v) is 11.9. The van der Waals surface area contributed by atoms with Crippen molar-refractivity contribution in [3.63, 3.8) is 0 Å². The highest BCUT2D eigenvalue weighted by Gasteiger charge is 2.09. The average molecular weight is 337 g/mol. The number of nitriles is 1. The standard InChI is InChI=1S/C13H7BrClN3O/c14-10-4-9(6-17-7-10)13(19)18-12-2-1-8(5-16)3-11(12)15/h1-4,6-7H,(H,18,19). The van der Waals surface area contributed by atoms with Crippen molar-refractivity contribution in [3.8, 4) is 6.07 Å². The molecule has 0 bridgehead atoms. The van der Waals surface area contributed by atoms with Crippen LogP contribution in [0.15, 0.2) is 41.1 Å². The predicted octanol–water partition coefficient (Wildman–Crippen LogP) is 3.62. The summed E-state index contributed by atoms with van der Waals surface area (Å²) in [6, 6.07) is 8.29. The van der Waals surface area contributed by atoms with E-state index in [-0.39, 0.29) is 5.91 Å². The largest absolute Gasteiger partial charge is 0.321 e. The second-order valence-electron chi connectivity index (χ2n) is 3.65. The Hall–Kier alpha value is -1.90. The summed E-state index contributed by atoms with van der Waals surface area (Å²) in [4.78, 5) is 15.9. The van der Waals surface area contributed by atoms with Crippen LogP contribution in [0.3, 0.4) is 0 Å². The fourth-order valence-corrected chi connectivity index (χ4v) is 2.01. The number of rotatable bonds is 2. The van der Waals surface area contributed by atoms with Crippen LogP contribution < -0.4 is 5.32 Å². The molecule has 1 N–H and O–H groups in total. The number of hydrogen-bond acceptors (Lipinski definition) is 3. The molecule has 0 spiro atoms. The van der Waals surface area contributed by atoms with Gasteiger partial charge in [-0.3, -0.25) is 9.78 Å². The SMILES string of the molecule is N#Cc1ccc(NC(=O)c2cncc(Br)c2)c(Cl)c1. The van der Waals surface area contributed by atoms with Crippen LogP contribution in [0.25, 0.3) is 0 Å². The number of halogens is 2. The number of aromatic nitrogens is 1. The molecule has 1 heterocycles. The first kappa shape index (κ1) is 13.5. The lowest BCUT2D eigenvalue weighted by molar-refractivity contribution is 0.102. The molecular weight excluding hydrogens is 330 g/mol. The second kappa shape index (κ2) is 5.83. The third-order valence-corrected chi connectivity index (χ3v) is 3.06. The van der Waals surface area contributed by atoms with Crippen LogP contribution in [0.1, 0.15) is 15.9 Å².